The van der Waals surface area contributed by atoms with Crippen LogP contribution in [-0.4, -0.2) is 21.3 Å². The van der Waals surface area contributed by atoms with Gasteiger partial charge in [0.2, 0.25) is 0 Å². The van der Waals surface area contributed by atoms with Gasteiger partial charge in [0.05, 0.1) is 0 Å². The molecular weight excluding hydrogens is 150 g/mol. The number of piperidine rings is 1. The zero-order valence-electron chi connectivity index (χ0n) is 8.89. The molecule has 1 heterocycles. The molecule has 0 aromatic heterocycles. The summed E-state index contributed by atoms with van der Waals surface area (Å²) >= 11 is 0. The maximum atomic E-state index is 9.97. The third-order valence-electron chi connectivity index (χ3n) is 3.51. The van der Waals surface area contributed by atoms with Crippen molar-refractivity contribution in [2.45, 2.75) is 58.5 Å². The predicted octanol–water partition coefficient (Wildman–Crippen LogP) is 2.66. The Hall–Kier alpha value is -0.0800. The Morgan fingerprint density at radius 2 is 1.75 bits per heavy atom. The molecule has 0 saturated carbocycles. The molecule has 0 amide bonds. The summed E-state index contributed by atoms with van der Waals surface area (Å²) in [6.07, 6.45) is 2.28. The molecule has 1 unspecified atom stereocenters. The first-order chi connectivity index (χ1) is 5.28. The average molecular weight is 171 g/mol. The Kier molecular flexibility index (Phi) is 2.26. The molecule has 0 spiro atoms. The Morgan fingerprint density at radius 1 is 1.25 bits per heavy atom. The minimum absolute atomic E-state index is 0.0595. The van der Waals surface area contributed by atoms with Crippen LogP contribution in [0.1, 0.15) is 47.5 Å². The van der Waals surface area contributed by atoms with Crippen molar-refractivity contribution in [2.24, 2.45) is 5.92 Å². The van der Waals surface area contributed by atoms with E-state index in [1.807, 2.05) is 0 Å². The highest BCUT2D eigenvalue weighted by atomic mass is 16.5. The van der Waals surface area contributed by atoms with E-state index in [4.69, 9.17) is 0 Å². The van der Waals surface area contributed by atoms with Crippen molar-refractivity contribution in [3.63, 3.8) is 0 Å². The number of hydrogen-bond donors (Lipinski definition) is 1. The molecule has 1 atom stereocenters. The van der Waals surface area contributed by atoms with Gasteiger partial charge in [0.25, 0.3) is 0 Å². The maximum absolute atomic E-state index is 9.97. The molecule has 0 aliphatic carbocycles. The molecule has 0 bridgehead atoms. The molecule has 1 rings (SSSR count). The highest BCUT2D eigenvalue weighted by molar-refractivity contribution is 4.95. The van der Waals surface area contributed by atoms with Crippen LogP contribution in [0.4, 0.5) is 0 Å². The smallest absolute Gasteiger partial charge is 0.0435 e. The van der Waals surface area contributed by atoms with Gasteiger partial charge in [0, 0.05) is 11.1 Å². The van der Waals surface area contributed by atoms with Crippen LogP contribution in [0.5, 0.6) is 0 Å². The van der Waals surface area contributed by atoms with Gasteiger partial charge in [-0.2, -0.15) is 5.06 Å². The summed E-state index contributed by atoms with van der Waals surface area (Å²) in [5, 5.41) is 11.5. The monoisotopic (exact) mass is 171 g/mol. The molecule has 1 N–H and O–H groups in total. The second-order valence-corrected chi connectivity index (χ2v) is 5.22. The van der Waals surface area contributed by atoms with Crippen LogP contribution in [0.2, 0.25) is 0 Å². The van der Waals surface area contributed by atoms with Gasteiger partial charge in [0.1, 0.15) is 0 Å². The molecule has 2 nitrogen and oxygen atoms in total. The zero-order chi connectivity index (χ0) is 9.57. The second-order valence-electron chi connectivity index (χ2n) is 5.22. The van der Waals surface area contributed by atoms with E-state index in [-0.39, 0.29) is 11.1 Å². The summed E-state index contributed by atoms with van der Waals surface area (Å²) in [5.41, 5.74) is -0.141. The Balaban J connectivity index is 2.86. The van der Waals surface area contributed by atoms with E-state index in [1.165, 1.54) is 11.5 Å². The summed E-state index contributed by atoms with van der Waals surface area (Å²) < 4.78 is 0. The summed E-state index contributed by atoms with van der Waals surface area (Å²) in [7, 11) is 0. The zero-order valence-corrected chi connectivity index (χ0v) is 8.89. The third-order valence-corrected chi connectivity index (χ3v) is 3.51. The molecule has 1 saturated heterocycles. The quantitative estimate of drug-likeness (QED) is 0.605. The van der Waals surface area contributed by atoms with Crippen LogP contribution in [0.3, 0.4) is 0 Å². The van der Waals surface area contributed by atoms with E-state index in [2.05, 4.69) is 34.6 Å². The van der Waals surface area contributed by atoms with E-state index in [9.17, 15) is 5.21 Å². The van der Waals surface area contributed by atoms with Crippen molar-refractivity contribution < 1.29 is 5.21 Å². The average Bonchev–Trinajstić information content (AvgIpc) is 1.96. The molecule has 2 heteroatoms. The molecule has 72 valence electrons. The van der Waals surface area contributed by atoms with Gasteiger partial charge in [0.15, 0.2) is 0 Å². The van der Waals surface area contributed by atoms with Crippen LogP contribution < -0.4 is 0 Å². The fraction of sp³-hybridized carbons (Fsp3) is 1.00. The lowest BCUT2D eigenvalue weighted by Gasteiger charge is -2.52. The number of rotatable bonds is 0. The van der Waals surface area contributed by atoms with Gasteiger partial charge < -0.3 is 5.21 Å². The molecule has 12 heavy (non-hydrogen) atoms. The Morgan fingerprint density at radius 3 is 2.17 bits per heavy atom. The molecule has 0 aromatic rings. The standard InChI is InChI=1S/C10H21NO/c1-8-6-7-9(2,3)11(12)10(8,4)5/h8,12H,6-7H2,1-5H3. The van der Waals surface area contributed by atoms with Crippen molar-refractivity contribution in [3.8, 4) is 0 Å². The first-order valence-electron chi connectivity index (χ1n) is 4.78. The van der Waals surface area contributed by atoms with Crippen LogP contribution in [0.25, 0.3) is 0 Å². The molecule has 1 fully saturated rings. The van der Waals surface area contributed by atoms with Crippen LogP contribution >= 0.6 is 0 Å². The van der Waals surface area contributed by atoms with Crippen molar-refractivity contribution >= 4 is 0 Å². The largest absolute Gasteiger partial charge is 0.313 e. The van der Waals surface area contributed by atoms with Crippen molar-refractivity contribution in [1.82, 2.24) is 5.06 Å². The number of hydroxylamine groups is 2. The molecule has 0 radical (unpaired) electrons. The summed E-state index contributed by atoms with van der Waals surface area (Å²) in [6.45, 7) is 10.6. The molecule has 0 aromatic carbocycles. The number of hydrogen-bond acceptors (Lipinski definition) is 2. The molecular formula is C10H21NO. The van der Waals surface area contributed by atoms with Gasteiger partial charge in [-0.1, -0.05) is 6.92 Å². The normalized spacial score (nSPS) is 35.0. The maximum Gasteiger partial charge on any atom is 0.0435 e. The minimum Gasteiger partial charge on any atom is -0.313 e. The Bertz CT molecular complexity index is 175. The lowest BCUT2D eigenvalue weighted by molar-refractivity contribution is -0.256. The first-order valence-corrected chi connectivity index (χ1v) is 4.78. The second kappa shape index (κ2) is 2.71. The van der Waals surface area contributed by atoms with E-state index in [0.29, 0.717) is 5.92 Å². The predicted molar refractivity (Wildman–Crippen MR) is 50.2 cm³/mol. The summed E-state index contributed by atoms with van der Waals surface area (Å²) in [4.78, 5) is 0. The van der Waals surface area contributed by atoms with E-state index in [1.54, 1.807) is 0 Å². The lowest BCUT2D eigenvalue weighted by Crippen LogP contribution is -2.60. The van der Waals surface area contributed by atoms with Gasteiger partial charge in [-0.15, -0.1) is 0 Å². The van der Waals surface area contributed by atoms with Crippen molar-refractivity contribution in [3.05, 3.63) is 0 Å². The van der Waals surface area contributed by atoms with Gasteiger partial charge in [-0.3, -0.25) is 0 Å². The molecule has 1 aliphatic rings. The topological polar surface area (TPSA) is 23.5 Å². The summed E-state index contributed by atoms with van der Waals surface area (Å²) in [5.74, 6) is 0.565. The van der Waals surface area contributed by atoms with Gasteiger partial charge in [-0.25, -0.2) is 0 Å². The van der Waals surface area contributed by atoms with Gasteiger partial charge >= 0.3 is 0 Å². The lowest BCUT2D eigenvalue weighted by atomic mass is 9.75. The van der Waals surface area contributed by atoms with Crippen LogP contribution in [-0.2, 0) is 0 Å². The fourth-order valence-electron chi connectivity index (χ4n) is 2.02. The molecule has 1 aliphatic heterocycles. The minimum atomic E-state index is -0.0816. The van der Waals surface area contributed by atoms with Crippen molar-refractivity contribution in [1.29, 1.82) is 0 Å². The van der Waals surface area contributed by atoms with E-state index < -0.39 is 0 Å². The number of nitrogens with zero attached hydrogens (tertiary/aromatic N) is 1. The Labute approximate surface area is 75.5 Å². The van der Waals surface area contributed by atoms with E-state index >= 15 is 0 Å². The highest BCUT2D eigenvalue weighted by Gasteiger charge is 2.44. The fourth-order valence-corrected chi connectivity index (χ4v) is 2.02. The summed E-state index contributed by atoms with van der Waals surface area (Å²) in [6, 6.07) is 0. The third kappa shape index (κ3) is 1.38. The van der Waals surface area contributed by atoms with Crippen LogP contribution in [0.15, 0.2) is 0 Å². The first kappa shape index (κ1) is 10.0. The van der Waals surface area contributed by atoms with E-state index in [0.717, 1.165) is 6.42 Å². The van der Waals surface area contributed by atoms with Gasteiger partial charge in [-0.05, 0) is 46.5 Å². The van der Waals surface area contributed by atoms with Crippen molar-refractivity contribution in [2.75, 3.05) is 0 Å². The van der Waals surface area contributed by atoms with Crippen LogP contribution in [0, 0.1) is 5.92 Å². The SMILES string of the molecule is CC1CCC(C)(C)N(O)C1(C)C. The highest BCUT2D eigenvalue weighted by Crippen LogP contribution is 2.39.